The number of nitrogens with zero attached hydrogens (tertiary/aromatic N) is 2. The predicted octanol–water partition coefficient (Wildman–Crippen LogP) is 1.56. The largest absolute Gasteiger partial charge is 0.314 e. The fourth-order valence-corrected chi connectivity index (χ4v) is 1.43. The number of nitrogens with one attached hydrogen (secondary N) is 1. The third-order valence-electron chi connectivity index (χ3n) is 2.52. The molecule has 0 aliphatic rings. The van der Waals surface area contributed by atoms with Gasteiger partial charge in [-0.1, -0.05) is 6.92 Å². The molecule has 0 fully saturated rings. The topological polar surface area (TPSA) is 75.5 Å². The summed E-state index contributed by atoms with van der Waals surface area (Å²) in [7, 11) is 1.65. The predicted molar refractivity (Wildman–Crippen MR) is 69.7 cm³/mol. The van der Waals surface area contributed by atoms with Crippen LogP contribution in [0, 0.1) is 10.1 Å². The summed E-state index contributed by atoms with van der Waals surface area (Å²) < 4.78 is 0. The first-order valence-electron chi connectivity index (χ1n) is 5.78. The van der Waals surface area contributed by atoms with Crippen molar-refractivity contribution in [3.05, 3.63) is 34.4 Å². The minimum absolute atomic E-state index is 0.0173. The number of non-ortho nitro benzene ring substituents is 1. The van der Waals surface area contributed by atoms with Crippen molar-refractivity contribution >= 4 is 17.3 Å². The summed E-state index contributed by atoms with van der Waals surface area (Å²) in [5.74, 6) is -0.0719. The molecule has 0 heterocycles. The van der Waals surface area contributed by atoms with Crippen molar-refractivity contribution in [2.24, 2.45) is 0 Å². The van der Waals surface area contributed by atoms with Crippen LogP contribution in [0.25, 0.3) is 0 Å². The number of nitro groups is 1. The Labute approximate surface area is 106 Å². The van der Waals surface area contributed by atoms with Gasteiger partial charge in [-0.25, -0.2) is 0 Å². The van der Waals surface area contributed by atoms with E-state index in [1.54, 1.807) is 19.2 Å². The van der Waals surface area contributed by atoms with Crippen LogP contribution in [0.3, 0.4) is 0 Å². The lowest BCUT2D eigenvalue weighted by atomic mass is 10.2. The lowest BCUT2D eigenvalue weighted by molar-refractivity contribution is -0.384. The number of benzene rings is 1. The molecule has 6 nitrogen and oxygen atoms in total. The minimum Gasteiger partial charge on any atom is -0.314 e. The van der Waals surface area contributed by atoms with Crippen LogP contribution in [0.15, 0.2) is 24.3 Å². The summed E-state index contributed by atoms with van der Waals surface area (Å²) in [4.78, 5) is 23.3. The fraction of sp³-hybridized carbons (Fsp3) is 0.417. The van der Waals surface area contributed by atoms with Crippen LogP contribution < -0.4 is 10.2 Å². The molecule has 0 unspecified atom stereocenters. The lowest BCUT2D eigenvalue weighted by Gasteiger charge is -2.17. The molecule has 0 spiro atoms. The van der Waals surface area contributed by atoms with E-state index in [0.29, 0.717) is 5.69 Å². The molecule has 0 aromatic heterocycles. The van der Waals surface area contributed by atoms with Gasteiger partial charge in [-0.15, -0.1) is 0 Å². The highest BCUT2D eigenvalue weighted by atomic mass is 16.6. The van der Waals surface area contributed by atoms with Gasteiger partial charge in [-0.2, -0.15) is 0 Å². The van der Waals surface area contributed by atoms with Crippen molar-refractivity contribution in [3.63, 3.8) is 0 Å². The van der Waals surface area contributed by atoms with Gasteiger partial charge in [0, 0.05) is 24.9 Å². The molecule has 98 valence electrons. The smallest absolute Gasteiger partial charge is 0.269 e. The Hall–Kier alpha value is -1.95. The molecule has 1 rings (SSSR count). The van der Waals surface area contributed by atoms with Crippen molar-refractivity contribution < 1.29 is 9.72 Å². The molecule has 0 aliphatic carbocycles. The average Bonchev–Trinajstić information content (AvgIpc) is 2.38. The quantitative estimate of drug-likeness (QED) is 0.473. The number of anilines is 1. The van der Waals surface area contributed by atoms with E-state index in [-0.39, 0.29) is 18.1 Å². The van der Waals surface area contributed by atoms with Gasteiger partial charge < -0.3 is 10.2 Å². The van der Waals surface area contributed by atoms with E-state index < -0.39 is 4.92 Å². The molecule has 0 saturated carbocycles. The van der Waals surface area contributed by atoms with E-state index in [4.69, 9.17) is 0 Å². The standard InChI is InChI=1S/C12H17N3O3/c1-3-8-13-9-12(16)14(2)10-4-6-11(7-5-10)15(17)18/h4-7,13H,3,8-9H2,1-2H3. The van der Waals surface area contributed by atoms with E-state index in [9.17, 15) is 14.9 Å². The second kappa shape index (κ2) is 6.70. The SMILES string of the molecule is CCCNCC(=O)N(C)c1ccc([N+](=O)[O-])cc1. The average molecular weight is 251 g/mol. The summed E-state index contributed by atoms with van der Waals surface area (Å²) >= 11 is 0. The highest BCUT2D eigenvalue weighted by Gasteiger charge is 2.11. The highest BCUT2D eigenvalue weighted by molar-refractivity contribution is 5.94. The number of carbonyl (C=O) groups excluding carboxylic acids is 1. The van der Waals surface area contributed by atoms with Crippen molar-refractivity contribution in [3.8, 4) is 0 Å². The van der Waals surface area contributed by atoms with Gasteiger partial charge >= 0.3 is 0 Å². The summed E-state index contributed by atoms with van der Waals surface area (Å²) in [6.07, 6.45) is 0.967. The van der Waals surface area contributed by atoms with Gasteiger partial charge in [0.25, 0.3) is 5.69 Å². The molecule has 1 aromatic carbocycles. The lowest BCUT2D eigenvalue weighted by Crippen LogP contribution is -2.35. The first kappa shape index (κ1) is 14.1. The Morgan fingerprint density at radius 3 is 2.50 bits per heavy atom. The Bertz CT molecular complexity index is 417. The Balaban J connectivity index is 2.63. The molecule has 0 atom stereocenters. The van der Waals surface area contributed by atoms with Crippen molar-refractivity contribution in [1.82, 2.24) is 5.32 Å². The zero-order valence-corrected chi connectivity index (χ0v) is 10.5. The van der Waals surface area contributed by atoms with Crippen LogP contribution in [-0.4, -0.2) is 31.0 Å². The van der Waals surface area contributed by atoms with Crippen molar-refractivity contribution in [1.29, 1.82) is 0 Å². The van der Waals surface area contributed by atoms with Gasteiger partial charge in [0.05, 0.1) is 11.5 Å². The molecule has 0 saturated heterocycles. The van der Waals surface area contributed by atoms with E-state index in [1.165, 1.54) is 17.0 Å². The molecule has 1 amide bonds. The Kier molecular flexibility index (Phi) is 5.26. The minimum atomic E-state index is -0.464. The number of amides is 1. The fourth-order valence-electron chi connectivity index (χ4n) is 1.43. The maximum atomic E-state index is 11.8. The first-order chi connectivity index (χ1) is 8.56. The van der Waals surface area contributed by atoms with E-state index in [2.05, 4.69) is 5.32 Å². The molecule has 0 radical (unpaired) electrons. The second-order valence-electron chi connectivity index (χ2n) is 3.90. The summed E-state index contributed by atoms with van der Waals surface area (Å²) in [5.41, 5.74) is 0.660. The molecule has 1 aromatic rings. The number of nitro benzene ring substituents is 1. The maximum absolute atomic E-state index is 11.8. The van der Waals surface area contributed by atoms with Gasteiger partial charge in [-0.05, 0) is 25.1 Å². The molecule has 0 bridgehead atoms. The van der Waals surface area contributed by atoms with Gasteiger partial charge in [0.15, 0.2) is 0 Å². The van der Waals surface area contributed by atoms with Crippen molar-refractivity contribution in [2.75, 3.05) is 25.0 Å². The number of carbonyl (C=O) groups is 1. The zero-order chi connectivity index (χ0) is 13.5. The normalized spacial score (nSPS) is 10.1. The third kappa shape index (κ3) is 3.81. The highest BCUT2D eigenvalue weighted by Crippen LogP contribution is 2.18. The van der Waals surface area contributed by atoms with Crippen molar-refractivity contribution in [2.45, 2.75) is 13.3 Å². The summed E-state index contributed by atoms with van der Waals surface area (Å²) in [6, 6.07) is 5.91. The van der Waals surface area contributed by atoms with Crippen LogP contribution >= 0.6 is 0 Å². The Morgan fingerprint density at radius 2 is 2.00 bits per heavy atom. The number of hydrogen-bond donors (Lipinski definition) is 1. The van der Waals surface area contributed by atoms with Crippen LogP contribution in [0.2, 0.25) is 0 Å². The number of likely N-dealkylation sites (N-methyl/N-ethyl adjacent to an activating group) is 1. The van der Waals surface area contributed by atoms with Crippen LogP contribution in [0.5, 0.6) is 0 Å². The number of rotatable bonds is 6. The summed E-state index contributed by atoms with van der Waals surface area (Å²) in [6.45, 7) is 3.08. The van der Waals surface area contributed by atoms with E-state index >= 15 is 0 Å². The zero-order valence-electron chi connectivity index (χ0n) is 10.5. The Morgan fingerprint density at radius 1 is 1.39 bits per heavy atom. The van der Waals surface area contributed by atoms with Crippen LogP contribution in [-0.2, 0) is 4.79 Å². The monoisotopic (exact) mass is 251 g/mol. The third-order valence-corrected chi connectivity index (χ3v) is 2.52. The van der Waals surface area contributed by atoms with E-state index in [0.717, 1.165) is 13.0 Å². The van der Waals surface area contributed by atoms with E-state index in [1.807, 2.05) is 6.92 Å². The van der Waals surface area contributed by atoms with Crippen LogP contribution in [0.4, 0.5) is 11.4 Å². The second-order valence-corrected chi connectivity index (χ2v) is 3.90. The molecular formula is C12H17N3O3. The summed E-state index contributed by atoms with van der Waals surface area (Å²) in [5, 5.41) is 13.5. The van der Waals surface area contributed by atoms with Gasteiger partial charge in [-0.3, -0.25) is 14.9 Å². The maximum Gasteiger partial charge on any atom is 0.269 e. The molecule has 1 N–H and O–H groups in total. The molecule has 6 heteroatoms. The first-order valence-corrected chi connectivity index (χ1v) is 5.78. The molecule has 0 aliphatic heterocycles. The number of hydrogen-bond acceptors (Lipinski definition) is 4. The van der Waals surface area contributed by atoms with Gasteiger partial charge in [0.2, 0.25) is 5.91 Å². The van der Waals surface area contributed by atoms with Gasteiger partial charge in [0.1, 0.15) is 0 Å². The van der Waals surface area contributed by atoms with Crippen LogP contribution in [0.1, 0.15) is 13.3 Å². The molecule has 18 heavy (non-hydrogen) atoms. The molecular weight excluding hydrogens is 234 g/mol.